The summed E-state index contributed by atoms with van der Waals surface area (Å²) < 4.78 is 0. The van der Waals surface area contributed by atoms with Gasteiger partial charge in [-0.15, -0.1) is 0 Å². The zero-order chi connectivity index (χ0) is 25.5. The van der Waals surface area contributed by atoms with Gasteiger partial charge < -0.3 is 16.2 Å². The van der Waals surface area contributed by atoms with Crippen molar-refractivity contribution in [2.75, 3.05) is 0 Å². The summed E-state index contributed by atoms with van der Waals surface area (Å²) in [5, 5.41) is 19.8. The molecule has 9 heteroatoms. The SMILES string of the molecule is N=C(N)CC1CCC(C(=O)Cc2ccc(C[C@H](NC(=O)c3c(Cl)cccc3Cl)C(=O)O)cc2)CC1. The zero-order valence-corrected chi connectivity index (χ0v) is 20.7. The van der Waals surface area contributed by atoms with Gasteiger partial charge in [-0.1, -0.05) is 53.5 Å². The van der Waals surface area contributed by atoms with E-state index in [-0.39, 0.29) is 39.6 Å². The molecule has 0 radical (unpaired) electrons. The molecule has 0 aliphatic heterocycles. The normalized spacial score (nSPS) is 18.5. The summed E-state index contributed by atoms with van der Waals surface area (Å²) in [4.78, 5) is 37.1. The molecule has 0 saturated heterocycles. The van der Waals surface area contributed by atoms with Crippen molar-refractivity contribution in [2.45, 2.75) is 51.0 Å². The first kappa shape index (κ1) is 26.7. The van der Waals surface area contributed by atoms with Crippen LogP contribution < -0.4 is 11.1 Å². The Hall–Kier alpha value is -2.90. The minimum Gasteiger partial charge on any atom is -0.480 e. The van der Waals surface area contributed by atoms with Crippen molar-refractivity contribution in [3.05, 3.63) is 69.2 Å². The van der Waals surface area contributed by atoms with E-state index in [1.807, 2.05) is 12.1 Å². The van der Waals surface area contributed by atoms with Crippen molar-refractivity contribution in [3.8, 4) is 0 Å². The number of nitrogens with one attached hydrogen (secondary N) is 2. The second-order valence-electron chi connectivity index (χ2n) is 9.07. The third-order valence-electron chi connectivity index (χ3n) is 6.45. The molecule has 0 heterocycles. The molecule has 1 aliphatic rings. The first-order valence-electron chi connectivity index (χ1n) is 11.5. The number of hydrogen-bond acceptors (Lipinski definition) is 4. The third kappa shape index (κ3) is 7.54. The maximum Gasteiger partial charge on any atom is 0.326 e. The van der Waals surface area contributed by atoms with Crippen LogP contribution in [-0.4, -0.2) is 34.6 Å². The minimum atomic E-state index is -1.18. The molecule has 1 saturated carbocycles. The van der Waals surface area contributed by atoms with Gasteiger partial charge in [-0.05, 0) is 54.9 Å². The lowest BCUT2D eigenvalue weighted by Gasteiger charge is -2.27. The lowest BCUT2D eigenvalue weighted by atomic mass is 9.77. The summed E-state index contributed by atoms with van der Waals surface area (Å²) in [5.41, 5.74) is 7.10. The van der Waals surface area contributed by atoms with E-state index >= 15 is 0 Å². The molecule has 1 amide bonds. The summed E-state index contributed by atoms with van der Waals surface area (Å²) >= 11 is 12.1. The summed E-state index contributed by atoms with van der Waals surface area (Å²) in [6, 6.07) is 10.6. The third-order valence-corrected chi connectivity index (χ3v) is 7.08. The molecule has 0 unspecified atom stereocenters. The van der Waals surface area contributed by atoms with Crippen LogP contribution >= 0.6 is 23.2 Å². The van der Waals surface area contributed by atoms with Gasteiger partial charge in [-0.3, -0.25) is 15.0 Å². The number of ketones is 1. The van der Waals surface area contributed by atoms with Gasteiger partial charge in [0.15, 0.2) is 0 Å². The standard InChI is InChI=1S/C26H29Cl2N3O4/c27-19-2-1-3-20(28)24(19)25(33)31-21(26(34)35)12-15-4-6-16(7-5-15)13-22(32)18-10-8-17(9-11-18)14-23(29)30/h1-7,17-18,21H,8-14H2,(H3,29,30)(H,31,33)(H,34,35)/t17?,18?,21-/m0/s1. The van der Waals surface area contributed by atoms with Crippen LogP contribution in [0.2, 0.25) is 10.0 Å². The first-order valence-corrected chi connectivity index (χ1v) is 12.3. The van der Waals surface area contributed by atoms with Gasteiger partial charge in [-0.2, -0.15) is 0 Å². The molecule has 1 aliphatic carbocycles. The van der Waals surface area contributed by atoms with Crippen LogP contribution in [0.5, 0.6) is 0 Å². The lowest BCUT2D eigenvalue weighted by molar-refractivity contribution is -0.139. The highest BCUT2D eigenvalue weighted by atomic mass is 35.5. The Morgan fingerprint density at radius 3 is 2.11 bits per heavy atom. The van der Waals surface area contributed by atoms with Crippen LogP contribution in [0.4, 0.5) is 0 Å². The highest BCUT2D eigenvalue weighted by Gasteiger charge is 2.27. The Kier molecular flexibility index (Phi) is 9.29. The Labute approximate surface area is 214 Å². The highest BCUT2D eigenvalue weighted by molar-refractivity contribution is 6.39. The van der Waals surface area contributed by atoms with E-state index in [2.05, 4.69) is 5.32 Å². The fraction of sp³-hybridized carbons (Fsp3) is 0.385. The van der Waals surface area contributed by atoms with Crippen molar-refractivity contribution >= 4 is 46.7 Å². The van der Waals surface area contributed by atoms with E-state index in [0.29, 0.717) is 24.3 Å². The van der Waals surface area contributed by atoms with Gasteiger partial charge in [0.05, 0.1) is 21.4 Å². The molecule has 1 fully saturated rings. The number of hydrogen-bond donors (Lipinski definition) is 4. The van der Waals surface area contributed by atoms with Crippen molar-refractivity contribution in [3.63, 3.8) is 0 Å². The molecule has 2 aromatic carbocycles. The minimum absolute atomic E-state index is 0.0288. The Bertz CT molecular complexity index is 1080. The van der Waals surface area contributed by atoms with Crippen molar-refractivity contribution in [1.82, 2.24) is 5.32 Å². The van der Waals surface area contributed by atoms with Crippen LogP contribution in [0.25, 0.3) is 0 Å². The number of carbonyl (C=O) groups is 3. The largest absolute Gasteiger partial charge is 0.480 e. The first-order chi connectivity index (χ1) is 16.6. The van der Waals surface area contributed by atoms with Gasteiger partial charge in [0.2, 0.25) is 0 Å². The molecule has 3 rings (SSSR count). The highest BCUT2D eigenvalue weighted by Crippen LogP contribution is 2.32. The Morgan fingerprint density at radius 2 is 1.57 bits per heavy atom. The number of amidine groups is 1. The van der Waals surface area contributed by atoms with Crippen LogP contribution in [0.15, 0.2) is 42.5 Å². The summed E-state index contributed by atoms with van der Waals surface area (Å²) in [6.07, 6.45) is 4.47. The molecule has 0 aromatic heterocycles. The number of Topliss-reactive ketones (excluding diaryl/α,β-unsaturated/α-hetero) is 1. The number of halogens is 2. The summed E-state index contributed by atoms with van der Waals surface area (Å²) in [6.45, 7) is 0. The van der Waals surface area contributed by atoms with E-state index in [9.17, 15) is 19.5 Å². The molecule has 2 aromatic rings. The zero-order valence-electron chi connectivity index (χ0n) is 19.2. The quantitative estimate of drug-likeness (QED) is 0.268. The summed E-state index contributed by atoms with van der Waals surface area (Å²) in [5.74, 6) is -1.01. The smallest absolute Gasteiger partial charge is 0.326 e. The molecule has 5 N–H and O–H groups in total. The second-order valence-corrected chi connectivity index (χ2v) is 9.89. The predicted octanol–water partition coefficient (Wildman–Crippen LogP) is 4.66. The molecule has 0 spiro atoms. The molecule has 186 valence electrons. The topological polar surface area (TPSA) is 133 Å². The fourth-order valence-electron chi connectivity index (χ4n) is 4.52. The number of nitrogens with two attached hydrogens (primary N) is 1. The molecule has 1 atom stereocenters. The Balaban J connectivity index is 1.56. The van der Waals surface area contributed by atoms with Crippen LogP contribution in [0.3, 0.4) is 0 Å². The van der Waals surface area contributed by atoms with Crippen LogP contribution in [0.1, 0.15) is 53.6 Å². The van der Waals surface area contributed by atoms with Gasteiger partial charge in [0.1, 0.15) is 11.8 Å². The second kappa shape index (κ2) is 12.2. The number of benzene rings is 2. The summed E-state index contributed by atoms with van der Waals surface area (Å²) in [7, 11) is 0. The fourth-order valence-corrected chi connectivity index (χ4v) is 5.09. The molecule has 0 bridgehead atoms. The number of carboxylic acid groups (broad SMARTS) is 1. The average Bonchev–Trinajstić information content (AvgIpc) is 2.79. The molecule has 35 heavy (non-hydrogen) atoms. The van der Waals surface area contributed by atoms with Gasteiger partial charge in [0, 0.05) is 25.2 Å². The predicted molar refractivity (Wildman–Crippen MR) is 136 cm³/mol. The van der Waals surface area contributed by atoms with Crippen molar-refractivity contribution < 1.29 is 19.5 Å². The molecular formula is C26H29Cl2N3O4. The van der Waals surface area contributed by atoms with E-state index in [4.69, 9.17) is 34.3 Å². The van der Waals surface area contributed by atoms with E-state index in [1.54, 1.807) is 18.2 Å². The maximum atomic E-state index is 12.7. The van der Waals surface area contributed by atoms with E-state index in [1.165, 1.54) is 12.1 Å². The van der Waals surface area contributed by atoms with Crippen LogP contribution in [-0.2, 0) is 22.4 Å². The van der Waals surface area contributed by atoms with Crippen molar-refractivity contribution in [1.29, 1.82) is 5.41 Å². The van der Waals surface area contributed by atoms with E-state index < -0.39 is 17.9 Å². The van der Waals surface area contributed by atoms with E-state index in [0.717, 1.165) is 31.2 Å². The average molecular weight is 518 g/mol. The van der Waals surface area contributed by atoms with Gasteiger partial charge in [0.25, 0.3) is 5.91 Å². The molecule has 7 nitrogen and oxygen atoms in total. The number of amides is 1. The Morgan fingerprint density at radius 1 is 1.00 bits per heavy atom. The number of aliphatic carboxylic acids is 1. The van der Waals surface area contributed by atoms with Gasteiger partial charge >= 0.3 is 5.97 Å². The van der Waals surface area contributed by atoms with Gasteiger partial charge in [-0.25, -0.2) is 4.79 Å². The number of carbonyl (C=O) groups excluding carboxylic acids is 2. The van der Waals surface area contributed by atoms with Crippen LogP contribution in [0, 0.1) is 17.2 Å². The van der Waals surface area contributed by atoms with Crippen molar-refractivity contribution in [2.24, 2.45) is 17.6 Å². The maximum absolute atomic E-state index is 12.7. The number of rotatable bonds is 10. The lowest BCUT2D eigenvalue weighted by Crippen LogP contribution is -2.42. The monoisotopic (exact) mass is 517 g/mol. The number of carboxylic acids is 1. The molecular weight excluding hydrogens is 489 g/mol.